The van der Waals surface area contributed by atoms with Crippen LogP contribution in [-0.2, 0) is 14.8 Å². The average Bonchev–Trinajstić information content (AvgIpc) is 2.60. The smallest absolute Gasteiger partial charge is 0.241 e. The second kappa shape index (κ2) is 7.97. The third kappa shape index (κ3) is 4.58. The van der Waals surface area contributed by atoms with E-state index in [4.69, 9.17) is 4.74 Å². The van der Waals surface area contributed by atoms with Gasteiger partial charge in [0.1, 0.15) is 5.75 Å². The van der Waals surface area contributed by atoms with Gasteiger partial charge in [-0.15, -0.1) is 0 Å². The second-order valence-corrected chi connectivity index (χ2v) is 7.45. The predicted molar refractivity (Wildman–Crippen MR) is 92.6 cm³/mol. The molecule has 0 fully saturated rings. The zero-order chi connectivity index (χ0) is 20.4. The fraction of sp³-hybridized carbons (Fsp3) is 0.235. The average molecular weight is 402 g/mol. The summed E-state index contributed by atoms with van der Waals surface area (Å²) < 4.78 is 71.5. The van der Waals surface area contributed by atoms with E-state index < -0.39 is 45.6 Å². The number of benzene rings is 2. The lowest BCUT2D eigenvalue weighted by molar-refractivity contribution is -0.115. The molecule has 0 heterocycles. The quantitative estimate of drug-likeness (QED) is 0.728. The molecule has 0 saturated carbocycles. The van der Waals surface area contributed by atoms with E-state index >= 15 is 0 Å². The Morgan fingerprint density at radius 2 is 1.67 bits per heavy atom. The largest absolute Gasteiger partial charge is 0.496 e. The molecule has 0 radical (unpaired) electrons. The summed E-state index contributed by atoms with van der Waals surface area (Å²) in [7, 11) is -2.58. The standard InChI is InChI=1S/C17H17F3N2O4S/c1-9-6-11(7-10(2)17(9)26-3)27(24,25)21-8-14(23)22-13-5-4-12(18)15(19)16(13)20/h4-7,21H,8H2,1-3H3,(H,22,23). The van der Waals surface area contributed by atoms with Crippen LogP contribution >= 0.6 is 0 Å². The first-order valence-corrected chi connectivity index (χ1v) is 9.13. The zero-order valence-corrected chi connectivity index (χ0v) is 15.5. The Kier molecular flexibility index (Phi) is 6.11. The van der Waals surface area contributed by atoms with Crippen molar-refractivity contribution in [2.45, 2.75) is 18.7 Å². The van der Waals surface area contributed by atoms with Crippen LogP contribution in [-0.4, -0.2) is 28.0 Å². The number of carbonyl (C=O) groups is 1. The first-order valence-electron chi connectivity index (χ1n) is 7.65. The summed E-state index contributed by atoms with van der Waals surface area (Å²) in [5.74, 6) is -5.13. The molecule has 0 atom stereocenters. The molecular weight excluding hydrogens is 385 g/mol. The molecule has 0 bridgehead atoms. The maximum Gasteiger partial charge on any atom is 0.241 e. The molecular formula is C17H17F3N2O4S. The summed E-state index contributed by atoms with van der Waals surface area (Å²) in [4.78, 5) is 11.8. The number of hydrogen-bond donors (Lipinski definition) is 2. The summed E-state index contributed by atoms with van der Waals surface area (Å²) in [5, 5.41) is 1.98. The van der Waals surface area contributed by atoms with Gasteiger partial charge in [-0.1, -0.05) is 0 Å². The molecule has 6 nitrogen and oxygen atoms in total. The summed E-state index contributed by atoms with van der Waals surface area (Å²) in [5.41, 5.74) is 0.576. The van der Waals surface area contributed by atoms with E-state index in [1.54, 1.807) is 13.8 Å². The van der Waals surface area contributed by atoms with Crippen molar-refractivity contribution in [2.24, 2.45) is 0 Å². The van der Waals surface area contributed by atoms with Crippen molar-refractivity contribution in [1.82, 2.24) is 4.72 Å². The van der Waals surface area contributed by atoms with E-state index in [1.165, 1.54) is 19.2 Å². The first-order chi connectivity index (χ1) is 12.6. The Balaban J connectivity index is 2.11. The summed E-state index contributed by atoms with van der Waals surface area (Å²) in [6.45, 7) is 2.61. The minimum atomic E-state index is -4.04. The van der Waals surface area contributed by atoms with Gasteiger partial charge in [0.2, 0.25) is 15.9 Å². The molecule has 0 aromatic heterocycles. The normalized spacial score (nSPS) is 11.3. The van der Waals surface area contributed by atoms with Crippen LogP contribution in [0.15, 0.2) is 29.2 Å². The van der Waals surface area contributed by atoms with Crippen molar-refractivity contribution in [1.29, 1.82) is 0 Å². The number of halogens is 3. The maximum absolute atomic E-state index is 13.5. The van der Waals surface area contributed by atoms with E-state index in [-0.39, 0.29) is 4.90 Å². The maximum atomic E-state index is 13.5. The third-order valence-corrected chi connectivity index (χ3v) is 5.06. The highest BCUT2D eigenvalue weighted by atomic mass is 32.2. The number of rotatable bonds is 6. The van der Waals surface area contributed by atoms with Gasteiger partial charge >= 0.3 is 0 Å². The van der Waals surface area contributed by atoms with Crippen molar-refractivity contribution < 1.29 is 31.1 Å². The van der Waals surface area contributed by atoms with Crippen LogP contribution < -0.4 is 14.8 Å². The number of ether oxygens (including phenoxy) is 1. The van der Waals surface area contributed by atoms with Gasteiger partial charge in [0.25, 0.3) is 0 Å². The molecule has 0 aliphatic heterocycles. The van der Waals surface area contributed by atoms with Gasteiger partial charge in [-0.2, -0.15) is 0 Å². The number of carbonyl (C=O) groups excluding carboxylic acids is 1. The van der Waals surface area contributed by atoms with Gasteiger partial charge in [0.15, 0.2) is 17.5 Å². The van der Waals surface area contributed by atoms with Crippen LogP contribution in [0, 0.1) is 31.3 Å². The minimum absolute atomic E-state index is 0.0786. The Hall–Kier alpha value is -2.59. The minimum Gasteiger partial charge on any atom is -0.496 e. The highest BCUT2D eigenvalue weighted by molar-refractivity contribution is 7.89. The predicted octanol–water partition coefficient (Wildman–Crippen LogP) is 2.65. The molecule has 2 aromatic carbocycles. The monoisotopic (exact) mass is 402 g/mol. The fourth-order valence-electron chi connectivity index (χ4n) is 2.45. The number of anilines is 1. The van der Waals surface area contributed by atoms with Gasteiger partial charge in [-0.25, -0.2) is 26.3 Å². The van der Waals surface area contributed by atoms with Gasteiger partial charge in [-0.05, 0) is 49.2 Å². The highest BCUT2D eigenvalue weighted by Gasteiger charge is 2.20. The number of hydrogen-bond acceptors (Lipinski definition) is 4. The molecule has 0 aliphatic rings. The van der Waals surface area contributed by atoms with Crippen molar-refractivity contribution in [3.05, 3.63) is 52.8 Å². The Labute approximate surface area is 154 Å². The van der Waals surface area contributed by atoms with Crippen molar-refractivity contribution in [2.75, 3.05) is 19.0 Å². The number of methoxy groups -OCH3 is 1. The van der Waals surface area contributed by atoms with E-state index in [2.05, 4.69) is 4.72 Å². The topological polar surface area (TPSA) is 84.5 Å². The molecule has 10 heteroatoms. The van der Waals surface area contributed by atoms with Crippen LogP contribution in [0.3, 0.4) is 0 Å². The lowest BCUT2D eigenvalue weighted by Crippen LogP contribution is -2.33. The number of nitrogens with one attached hydrogen (secondary N) is 2. The van der Waals surface area contributed by atoms with Crippen molar-refractivity contribution in [3.63, 3.8) is 0 Å². The summed E-state index contributed by atoms with van der Waals surface area (Å²) in [6.07, 6.45) is 0. The van der Waals surface area contributed by atoms with Gasteiger partial charge in [0, 0.05) is 0 Å². The first kappa shape index (κ1) is 20.7. The van der Waals surface area contributed by atoms with E-state index in [0.717, 1.165) is 6.07 Å². The van der Waals surface area contributed by atoms with E-state index in [1.807, 2.05) is 5.32 Å². The molecule has 1 amide bonds. The van der Waals surface area contributed by atoms with Crippen molar-refractivity contribution >= 4 is 21.6 Å². The third-order valence-electron chi connectivity index (χ3n) is 3.68. The highest BCUT2D eigenvalue weighted by Crippen LogP contribution is 2.26. The van der Waals surface area contributed by atoms with Gasteiger partial charge < -0.3 is 10.1 Å². The Morgan fingerprint density at radius 3 is 2.22 bits per heavy atom. The number of aryl methyl sites for hydroxylation is 2. The van der Waals surface area contributed by atoms with E-state index in [0.29, 0.717) is 22.9 Å². The van der Waals surface area contributed by atoms with Crippen LogP contribution in [0.5, 0.6) is 5.75 Å². The fourth-order valence-corrected chi connectivity index (χ4v) is 3.60. The Bertz CT molecular complexity index is 971. The molecule has 0 spiro atoms. The van der Waals surface area contributed by atoms with Crippen LogP contribution in [0.4, 0.5) is 18.9 Å². The molecule has 2 N–H and O–H groups in total. The van der Waals surface area contributed by atoms with Crippen molar-refractivity contribution in [3.8, 4) is 5.75 Å². The molecule has 2 rings (SSSR count). The summed E-state index contributed by atoms with van der Waals surface area (Å²) >= 11 is 0. The van der Waals surface area contributed by atoms with Gasteiger partial charge in [-0.3, -0.25) is 4.79 Å². The molecule has 0 unspecified atom stereocenters. The van der Waals surface area contributed by atoms with Crippen LogP contribution in [0.2, 0.25) is 0 Å². The molecule has 2 aromatic rings. The SMILES string of the molecule is COc1c(C)cc(S(=O)(=O)NCC(=O)Nc2ccc(F)c(F)c2F)cc1C. The van der Waals surface area contributed by atoms with Crippen LogP contribution in [0.1, 0.15) is 11.1 Å². The molecule has 27 heavy (non-hydrogen) atoms. The van der Waals surface area contributed by atoms with Gasteiger partial charge in [0.05, 0.1) is 24.2 Å². The molecule has 0 saturated heterocycles. The Morgan fingerprint density at radius 1 is 1.07 bits per heavy atom. The lowest BCUT2D eigenvalue weighted by atomic mass is 10.1. The van der Waals surface area contributed by atoms with Crippen LogP contribution in [0.25, 0.3) is 0 Å². The van der Waals surface area contributed by atoms with E-state index in [9.17, 15) is 26.4 Å². The summed E-state index contributed by atoms with van der Waals surface area (Å²) in [6, 6.07) is 4.22. The lowest BCUT2D eigenvalue weighted by Gasteiger charge is -2.13. The second-order valence-electron chi connectivity index (χ2n) is 5.69. The number of sulfonamides is 1. The molecule has 0 aliphatic carbocycles. The molecule has 146 valence electrons. The number of amides is 1. The zero-order valence-electron chi connectivity index (χ0n) is 14.7.